The predicted molar refractivity (Wildman–Crippen MR) is 87.6 cm³/mol. The molecule has 0 spiro atoms. The summed E-state index contributed by atoms with van der Waals surface area (Å²) in [6, 6.07) is 9.18. The van der Waals surface area contributed by atoms with E-state index < -0.39 is 5.91 Å². The number of halogens is 1. The summed E-state index contributed by atoms with van der Waals surface area (Å²) in [7, 11) is 0. The first-order valence-electron chi connectivity index (χ1n) is 7.45. The number of nitrogens with one attached hydrogen (secondary N) is 1. The third kappa shape index (κ3) is 3.71. The lowest BCUT2D eigenvalue weighted by atomic mass is 9.96. The highest BCUT2D eigenvalue weighted by molar-refractivity contribution is 6.29. The molecule has 1 aliphatic rings. The van der Waals surface area contributed by atoms with E-state index in [1.807, 2.05) is 24.3 Å². The summed E-state index contributed by atoms with van der Waals surface area (Å²) >= 11 is 5.75. The number of amides is 1. The predicted octanol–water partition coefficient (Wildman–Crippen LogP) is 2.77. The standard InChI is InChI=1S/C16H17ClN4O2/c17-14-8-12(15(18)22)16(21-20-14)19-9-10-4-1-2-7-13(10)23-11-5-3-6-11/h1-2,4,7-8,11H,3,5-6,9H2,(H2,18,22)(H,19,21). The topological polar surface area (TPSA) is 90.1 Å². The Morgan fingerprint density at radius 3 is 2.83 bits per heavy atom. The van der Waals surface area contributed by atoms with Crippen molar-refractivity contribution in [2.75, 3.05) is 5.32 Å². The Labute approximate surface area is 139 Å². The number of ether oxygens (including phenoxy) is 1. The molecule has 3 N–H and O–H groups in total. The molecule has 0 radical (unpaired) electrons. The van der Waals surface area contributed by atoms with Crippen molar-refractivity contribution in [3.05, 3.63) is 46.6 Å². The average molecular weight is 333 g/mol. The van der Waals surface area contributed by atoms with Gasteiger partial charge in [0.05, 0.1) is 11.7 Å². The van der Waals surface area contributed by atoms with E-state index in [0.29, 0.717) is 18.5 Å². The van der Waals surface area contributed by atoms with Crippen LogP contribution in [0.2, 0.25) is 5.15 Å². The molecule has 0 unspecified atom stereocenters. The van der Waals surface area contributed by atoms with Crippen molar-refractivity contribution in [2.45, 2.75) is 31.9 Å². The summed E-state index contributed by atoms with van der Waals surface area (Å²) in [5, 5.41) is 10.8. The normalized spacial score (nSPS) is 14.1. The van der Waals surface area contributed by atoms with Crippen LogP contribution in [0.4, 0.5) is 5.82 Å². The molecule has 0 aliphatic heterocycles. The van der Waals surface area contributed by atoms with Crippen LogP contribution in [0.1, 0.15) is 35.2 Å². The molecule has 3 rings (SSSR count). The monoisotopic (exact) mass is 332 g/mol. The van der Waals surface area contributed by atoms with E-state index in [-0.39, 0.29) is 10.7 Å². The second kappa shape index (κ2) is 6.83. The maximum Gasteiger partial charge on any atom is 0.252 e. The van der Waals surface area contributed by atoms with Crippen LogP contribution in [0, 0.1) is 0 Å². The van der Waals surface area contributed by atoms with E-state index in [1.165, 1.54) is 12.5 Å². The number of carbonyl (C=O) groups excluding carboxylic acids is 1. The summed E-state index contributed by atoms with van der Waals surface area (Å²) in [4.78, 5) is 11.5. The fourth-order valence-corrected chi connectivity index (χ4v) is 2.45. The molecule has 1 saturated carbocycles. The van der Waals surface area contributed by atoms with Gasteiger partial charge in [-0.15, -0.1) is 10.2 Å². The van der Waals surface area contributed by atoms with E-state index in [9.17, 15) is 4.79 Å². The lowest BCUT2D eigenvalue weighted by Gasteiger charge is -2.27. The van der Waals surface area contributed by atoms with Gasteiger partial charge in [0, 0.05) is 12.1 Å². The van der Waals surface area contributed by atoms with Crippen LogP contribution in [0.3, 0.4) is 0 Å². The van der Waals surface area contributed by atoms with Crippen LogP contribution in [0.15, 0.2) is 30.3 Å². The molecule has 0 bridgehead atoms. The minimum atomic E-state index is -0.608. The molecule has 1 aromatic heterocycles. The Morgan fingerprint density at radius 1 is 1.35 bits per heavy atom. The lowest BCUT2D eigenvalue weighted by molar-refractivity contribution is 0.100. The fourth-order valence-electron chi connectivity index (χ4n) is 2.30. The van der Waals surface area contributed by atoms with Gasteiger partial charge in [-0.1, -0.05) is 29.8 Å². The van der Waals surface area contributed by atoms with E-state index >= 15 is 0 Å². The van der Waals surface area contributed by atoms with Crippen molar-refractivity contribution in [1.29, 1.82) is 0 Å². The maximum atomic E-state index is 11.5. The van der Waals surface area contributed by atoms with Crippen LogP contribution < -0.4 is 15.8 Å². The Hall–Kier alpha value is -2.34. The van der Waals surface area contributed by atoms with Crippen molar-refractivity contribution < 1.29 is 9.53 Å². The summed E-state index contributed by atoms with van der Waals surface area (Å²) in [5.74, 6) is 0.538. The number of primary amides is 1. The zero-order chi connectivity index (χ0) is 16.2. The highest BCUT2D eigenvalue weighted by atomic mass is 35.5. The molecule has 23 heavy (non-hydrogen) atoms. The van der Waals surface area contributed by atoms with Gasteiger partial charge < -0.3 is 15.8 Å². The summed E-state index contributed by atoms with van der Waals surface area (Å²) in [6.07, 6.45) is 3.70. The molecule has 6 nitrogen and oxygen atoms in total. The molecule has 7 heteroatoms. The van der Waals surface area contributed by atoms with Gasteiger partial charge in [0.1, 0.15) is 5.75 Å². The third-order valence-electron chi connectivity index (χ3n) is 3.79. The van der Waals surface area contributed by atoms with Crippen molar-refractivity contribution in [1.82, 2.24) is 10.2 Å². The average Bonchev–Trinajstić information content (AvgIpc) is 2.50. The molecule has 1 fully saturated rings. The molecular weight excluding hydrogens is 316 g/mol. The molecule has 2 aromatic rings. The van der Waals surface area contributed by atoms with E-state index in [4.69, 9.17) is 22.1 Å². The highest BCUT2D eigenvalue weighted by Gasteiger charge is 2.20. The molecule has 120 valence electrons. The lowest BCUT2D eigenvalue weighted by Crippen LogP contribution is -2.25. The third-order valence-corrected chi connectivity index (χ3v) is 3.98. The van der Waals surface area contributed by atoms with Gasteiger partial charge in [-0.05, 0) is 31.4 Å². The number of nitrogens with two attached hydrogens (primary N) is 1. The molecule has 1 aromatic carbocycles. The minimum Gasteiger partial charge on any atom is -0.490 e. The molecule has 1 heterocycles. The number of hydrogen-bond acceptors (Lipinski definition) is 5. The van der Waals surface area contributed by atoms with E-state index in [2.05, 4.69) is 15.5 Å². The number of nitrogens with zero attached hydrogens (tertiary/aromatic N) is 2. The van der Waals surface area contributed by atoms with Crippen molar-refractivity contribution >= 4 is 23.3 Å². The quantitative estimate of drug-likeness (QED) is 0.848. The number of carbonyl (C=O) groups is 1. The van der Waals surface area contributed by atoms with Crippen molar-refractivity contribution in [2.24, 2.45) is 5.73 Å². The van der Waals surface area contributed by atoms with Crippen molar-refractivity contribution in [3.63, 3.8) is 0 Å². The number of hydrogen-bond donors (Lipinski definition) is 2. The van der Waals surface area contributed by atoms with Gasteiger partial charge in [0.2, 0.25) is 0 Å². The van der Waals surface area contributed by atoms with Gasteiger partial charge in [0.25, 0.3) is 5.91 Å². The molecule has 1 amide bonds. The SMILES string of the molecule is NC(=O)c1cc(Cl)nnc1NCc1ccccc1OC1CCC1. The molecule has 1 aliphatic carbocycles. The van der Waals surface area contributed by atoms with Crippen molar-refractivity contribution in [3.8, 4) is 5.75 Å². The molecular formula is C16H17ClN4O2. The smallest absolute Gasteiger partial charge is 0.252 e. The Morgan fingerprint density at radius 2 is 2.13 bits per heavy atom. The zero-order valence-electron chi connectivity index (χ0n) is 12.5. The Bertz CT molecular complexity index is 719. The first kappa shape index (κ1) is 15.6. The maximum absolute atomic E-state index is 11.5. The van der Waals surface area contributed by atoms with Crippen LogP contribution in [0.5, 0.6) is 5.75 Å². The van der Waals surface area contributed by atoms with Gasteiger partial charge in [0.15, 0.2) is 11.0 Å². The zero-order valence-corrected chi connectivity index (χ0v) is 13.2. The van der Waals surface area contributed by atoms with Gasteiger partial charge in [-0.25, -0.2) is 0 Å². The van der Waals surface area contributed by atoms with Crippen LogP contribution in [-0.4, -0.2) is 22.2 Å². The summed E-state index contributed by atoms with van der Waals surface area (Å²) in [6.45, 7) is 0.444. The van der Waals surface area contributed by atoms with Crippen LogP contribution in [0.25, 0.3) is 0 Å². The highest BCUT2D eigenvalue weighted by Crippen LogP contribution is 2.28. The second-order valence-corrected chi connectivity index (χ2v) is 5.81. The Kier molecular flexibility index (Phi) is 4.62. The van der Waals surface area contributed by atoms with Gasteiger partial charge >= 0.3 is 0 Å². The largest absolute Gasteiger partial charge is 0.490 e. The summed E-state index contributed by atoms with van der Waals surface area (Å²) < 4.78 is 5.98. The number of rotatable bonds is 6. The fraction of sp³-hybridized carbons (Fsp3) is 0.312. The molecule has 0 saturated heterocycles. The van der Waals surface area contributed by atoms with E-state index in [0.717, 1.165) is 24.2 Å². The number of aromatic nitrogens is 2. The van der Waals surface area contributed by atoms with Crippen LogP contribution in [-0.2, 0) is 6.54 Å². The number of para-hydroxylation sites is 1. The van der Waals surface area contributed by atoms with E-state index in [1.54, 1.807) is 0 Å². The Balaban J connectivity index is 1.74. The van der Waals surface area contributed by atoms with Crippen LogP contribution >= 0.6 is 11.6 Å². The summed E-state index contributed by atoms with van der Waals surface area (Å²) in [5.41, 5.74) is 6.53. The first-order chi connectivity index (χ1) is 11.1. The second-order valence-electron chi connectivity index (χ2n) is 5.43. The van der Waals surface area contributed by atoms with Gasteiger partial charge in [-0.2, -0.15) is 0 Å². The first-order valence-corrected chi connectivity index (χ1v) is 7.83. The minimum absolute atomic E-state index is 0.123. The molecule has 0 atom stereocenters. The number of benzene rings is 1. The number of anilines is 1. The van der Waals surface area contributed by atoms with Gasteiger partial charge in [-0.3, -0.25) is 4.79 Å².